The summed E-state index contributed by atoms with van der Waals surface area (Å²) >= 11 is -0.664. The Morgan fingerprint density at radius 2 is 0.821 bits per heavy atom. The molecule has 0 saturated carbocycles. The van der Waals surface area contributed by atoms with Crippen molar-refractivity contribution in [1.29, 1.82) is 0 Å². The van der Waals surface area contributed by atoms with E-state index in [1.54, 1.807) is 3.57 Å². The number of hydrogen-bond donors (Lipinski definition) is 0. The van der Waals surface area contributed by atoms with Crippen molar-refractivity contribution in [1.82, 2.24) is 0 Å². The van der Waals surface area contributed by atoms with E-state index in [1.807, 2.05) is 0 Å². The van der Waals surface area contributed by atoms with Crippen molar-refractivity contribution < 1.29 is 50.6 Å². The van der Waals surface area contributed by atoms with Gasteiger partial charge in [-0.25, -0.2) is 0 Å². The monoisotopic (exact) mass is 1310 g/mol. The number of halogens is 2. The topological polar surface area (TPSA) is 18.5 Å². The molecule has 0 atom stereocenters. The number of alkyl halides is 2. The van der Waals surface area contributed by atoms with E-state index in [4.69, 9.17) is 7.80 Å². The molecule has 0 aliphatic heterocycles. The third-order valence-corrected chi connectivity index (χ3v) is 23.9. The van der Waals surface area contributed by atoms with Crippen molar-refractivity contribution in [2.24, 2.45) is 0 Å². The molecule has 1 aliphatic carbocycles. The Kier molecular flexibility index (Phi) is 12.6. The van der Waals surface area contributed by atoms with Crippen LogP contribution in [0.5, 0.6) is 11.5 Å². The summed E-state index contributed by atoms with van der Waals surface area (Å²) in [5.41, 5.74) is 19.3. The first-order chi connectivity index (χ1) is 41.3. The minimum absolute atomic E-state index is 0.330. The van der Waals surface area contributed by atoms with Crippen molar-refractivity contribution in [2.45, 2.75) is 60.8 Å². The molecule has 0 aromatic heterocycles. The van der Waals surface area contributed by atoms with Gasteiger partial charge in [-0.3, -0.25) is 0 Å². The van der Waals surface area contributed by atoms with Crippen molar-refractivity contribution in [3.05, 3.63) is 214 Å². The molecule has 15 aromatic rings. The van der Waals surface area contributed by atoms with E-state index in [0.29, 0.717) is 6.61 Å². The Morgan fingerprint density at radius 1 is 0.333 bits per heavy atom. The zero-order chi connectivity index (χ0) is 56.5. The second-order valence-corrected chi connectivity index (χ2v) is 28.3. The normalized spacial score (nSPS) is 12.4. The van der Waals surface area contributed by atoms with Gasteiger partial charge in [-0.2, -0.15) is 0 Å². The molecule has 0 unspecified atom stereocenters. The summed E-state index contributed by atoms with van der Waals surface area (Å²) in [6.45, 7) is 14.3. The summed E-state index contributed by atoms with van der Waals surface area (Å²) in [6.07, 6.45) is 3.31. The predicted octanol–water partition coefficient (Wildman–Crippen LogP) is 16.4. The SMILES string of the molecule is CCCOc1ccc(-c2c3c(c(-c4ccc(O[I-]CCC)cc4)c4ccccc24)-c2cccc4c(-c5ccc6c7c(C)c8c9ccc(-c%10cc(C)cc%11cc(C)ccc%10%11)c%10cccc(c8c([I-]CCC)c7c7cccc5c67)c%109)ccc-3c24)cc1. The summed E-state index contributed by atoms with van der Waals surface area (Å²) in [6, 6.07) is 74.8. The standard InChI is InChI=1S/C80H62I2O2/c1-7-39-81-80-78-63-21-13-18-58-54(33-36-65(74(58)63)69(78)47(6)70-66-37-35-56(59-19-14-22-64(75(59)66)79(70)80)68-44-46(5)43-50-42-45(4)23-32-53(50)68)55-34-38-67-73-57(55)17-12-20-62(73)76-71(49-26-30-52(31-27-49)84-82-40-8-2)60-15-10-11-16-61(60)72(77(67)76)48-24-28-51(29-25-48)83-41-9-3/h10-38,42-44H,7-9,39-41H2,1-6H3/q-2. The average Bonchev–Trinajstić information content (AvgIpc) is 1.59. The molecule has 0 N–H and O–H groups in total. The maximum atomic E-state index is 6.35. The van der Waals surface area contributed by atoms with E-state index in [1.165, 1.54) is 191 Å². The van der Waals surface area contributed by atoms with Gasteiger partial charge < -0.3 is 4.74 Å². The zero-order valence-corrected chi connectivity index (χ0v) is 52.6. The number of fused-ring (bicyclic) bond motifs is 11. The summed E-state index contributed by atoms with van der Waals surface area (Å²) in [7, 11) is 0. The zero-order valence-electron chi connectivity index (χ0n) is 48.3. The molecular formula is C80H62I2O2-2. The second-order valence-electron chi connectivity index (χ2n) is 23.3. The van der Waals surface area contributed by atoms with Gasteiger partial charge in [-0.15, -0.1) is 0 Å². The van der Waals surface area contributed by atoms with Crippen LogP contribution in [0.1, 0.15) is 56.7 Å². The molecule has 16 rings (SSSR count). The summed E-state index contributed by atoms with van der Waals surface area (Å²) in [5.74, 6) is 1.87. The van der Waals surface area contributed by atoms with Crippen molar-refractivity contribution >= 4 is 97.0 Å². The fourth-order valence-corrected chi connectivity index (χ4v) is 19.0. The van der Waals surface area contributed by atoms with Gasteiger partial charge in [0, 0.05) is 0 Å². The first-order valence-corrected chi connectivity index (χ1v) is 35.0. The van der Waals surface area contributed by atoms with Crippen LogP contribution in [0, 0.1) is 24.3 Å². The number of hydrogen-bond acceptors (Lipinski definition) is 2. The van der Waals surface area contributed by atoms with Gasteiger partial charge in [-0.1, -0.05) is 6.92 Å². The van der Waals surface area contributed by atoms with E-state index in [9.17, 15) is 0 Å². The Hall–Kier alpha value is -7.78. The first kappa shape index (κ1) is 51.8. The molecule has 1 aliphatic rings. The molecule has 84 heavy (non-hydrogen) atoms. The van der Waals surface area contributed by atoms with Crippen LogP contribution < -0.4 is 50.6 Å². The molecule has 0 saturated heterocycles. The Balaban J connectivity index is 0.919. The van der Waals surface area contributed by atoms with Crippen LogP contribution in [0.2, 0.25) is 0 Å². The predicted molar refractivity (Wildman–Crippen MR) is 352 cm³/mol. The third-order valence-electron chi connectivity index (χ3n) is 18.1. The van der Waals surface area contributed by atoms with Crippen LogP contribution in [0.25, 0.3) is 164 Å². The van der Waals surface area contributed by atoms with Gasteiger partial charge in [0.05, 0.1) is 6.61 Å². The third kappa shape index (κ3) is 7.78. The molecule has 2 nitrogen and oxygen atoms in total. The average molecular weight is 1310 g/mol. The van der Waals surface area contributed by atoms with E-state index >= 15 is 0 Å². The van der Waals surface area contributed by atoms with Gasteiger partial charge in [-0.05, 0) is 6.42 Å². The molecule has 0 amide bonds. The van der Waals surface area contributed by atoms with Crippen LogP contribution in [0.3, 0.4) is 0 Å². The van der Waals surface area contributed by atoms with Gasteiger partial charge in [0.15, 0.2) is 0 Å². The van der Waals surface area contributed by atoms with Gasteiger partial charge >= 0.3 is 486 Å². The minimum atomic E-state index is -0.334. The molecular weight excluding hydrogens is 1250 g/mol. The van der Waals surface area contributed by atoms with E-state index in [-0.39, 0.29) is 42.8 Å². The van der Waals surface area contributed by atoms with Gasteiger partial charge in [0.2, 0.25) is 0 Å². The molecule has 15 aromatic carbocycles. The molecule has 0 bridgehead atoms. The Labute approximate surface area is 512 Å². The number of aryl methyl sites for hydroxylation is 3. The second kappa shape index (κ2) is 20.5. The van der Waals surface area contributed by atoms with Gasteiger partial charge in [0.1, 0.15) is 5.75 Å². The summed E-state index contributed by atoms with van der Waals surface area (Å²) in [5, 5.41) is 24.7. The molecule has 0 heterocycles. The number of rotatable bonds is 14. The van der Waals surface area contributed by atoms with Crippen LogP contribution >= 0.6 is 0 Å². The molecule has 0 radical (unpaired) electrons. The van der Waals surface area contributed by atoms with E-state index < -0.39 is 0 Å². The Bertz CT molecular complexity index is 5180. The summed E-state index contributed by atoms with van der Waals surface area (Å²) in [4.78, 5) is 0. The van der Waals surface area contributed by atoms with Crippen LogP contribution in [0.15, 0.2) is 194 Å². The van der Waals surface area contributed by atoms with Crippen LogP contribution in [-0.4, -0.2) is 15.5 Å². The van der Waals surface area contributed by atoms with Crippen LogP contribution in [-0.2, 0) is 0 Å². The molecule has 4 heteroatoms. The molecule has 0 spiro atoms. The van der Waals surface area contributed by atoms with E-state index in [0.717, 1.165) is 28.8 Å². The fourth-order valence-electron chi connectivity index (χ4n) is 14.7. The quantitative estimate of drug-likeness (QED) is 0.0614. The maximum absolute atomic E-state index is 6.35. The van der Waals surface area contributed by atoms with Crippen molar-refractivity contribution in [3.63, 3.8) is 0 Å². The summed E-state index contributed by atoms with van der Waals surface area (Å²) < 4.78 is 16.5. The van der Waals surface area contributed by atoms with Crippen molar-refractivity contribution in [3.8, 4) is 78.3 Å². The first-order valence-electron chi connectivity index (χ1n) is 30.0. The molecule has 410 valence electrons. The molecule has 0 fully saturated rings. The van der Waals surface area contributed by atoms with E-state index in [2.05, 4.69) is 236 Å². The van der Waals surface area contributed by atoms with Crippen LogP contribution in [0.4, 0.5) is 0 Å². The number of ether oxygens (including phenoxy) is 1. The Morgan fingerprint density at radius 3 is 1.43 bits per heavy atom. The van der Waals surface area contributed by atoms with Crippen molar-refractivity contribution in [2.75, 3.05) is 15.5 Å². The number of benzene rings is 13. The van der Waals surface area contributed by atoms with Gasteiger partial charge in [0.25, 0.3) is 0 Å². The fraction of sp³-hybridized carbons (Fsp3) is 0.150.